The van der Waals surface area contributed by atoms with Gasteiger partial charge in [0.25, 0.3) is 0 Å². The lowest BCUT2D eigenvalue weighted by molar-refractivity contribution is 0.583. The van der Waals surface area contributed by atoms with Crippen molar-refractivity contribution < 1.29 is 4.57 Å². The predicted molar refractivity (Wildman–Crippen MR) is 48.4 cm³/mol. The Morgan fingerprint density at radius 2 is 1.91 bits per heavy atom. The van der Waals surface area contributed by atoms with Gasteiger partial charge in [-0.25, -0.2) is 0 Å². The molecule has 0 saturated carbocycles. The molecule has 0 aromatic heterocycles. The summed E-state index contributed by atoms with van der Waals surface area (Å²) in [6, 6.07) is 9.21. The fraction of sp³-hybridized carbons (Fsp3) is 0.250. The molecule has 1 aromatic carbocycles. The van der Waals surface area contributed by atoms with Crippen molar-refractivity contribution >= 4 is 12.6 Å². The largest absolute Gasteiger partial charge is 0.302 e. The van der Waals surface area contributed by atoms with Gasteiger partial charge in [0.1, 0.15) is 0 Å². The Morgan fingerprint density at radius 3 is 2.36 bits per heavy atom. The van der Waals surface area contributed by atoms with Crippen LogP contribution < -0.4 is 10.8 Å². The zero-order valence-corrected chi connectivity index (χ0v) is 7.42. The van der Waals surface area contributed by atoms with E-state index in [9.17, 15) is 4.57 Å². The Hall–Kier alpha value is -0.590. The maximum atomic E-state index is 11.6. The molecule has 0 unspecified atom stereocenters. The van der Waals surface area contributed by atoms with Crippen molar-refractivity contribution in [2.75, 3.05) is 6.16 Å². The smallest absolute Gasteiger partial charge is 0.173 e. The van der Waals surface area contributed by atoms with Gasteiger partial charge in [-0.1, -0.05) is 37.3 Å². The molecule has 0 aliphatic heterocycles. The first kappa shape index (κ1) is 8.51. The van der Waals surface area contributed by atoms with Crippen LogP contribution in [0.15, 0.2) is 30.3 Å². The highest BCUT2D eigenvalue weighted by Gasteiger charge is 2.14. The maximum Gasteiger partial charge on any atom is 0.173 e. The molecule has 0 amide bonds. The minimum Gasteiger partial charge on any atom is -0.302 e. The average Bonchev–Trinajstić information content (AvgIpc) is 2.06. The van der Waals surface area contributed by atoms with E-state index in [2.05, 4.69) is 0 Å². The summed E-state index contributed by atoms with van der Waals surface area (Å²) in [5.74, 6) is 0. The van der Waals surface area contributed by atoms with Crippen LogP contribution in [0, 0.1) is 0 Å². The fourth-order valence-corrected chi connectivity index (χ4v) is 1.90. The van der Waals surface area contributed by atoms with E-state index in [4.69, 9.17) is 5.50 Å². The number of hydrogen-bond donors (Lipinski definition) is 1. The van der Waals surface area contributed by atoms with Gasteiger partial charge < -0.3 is 4.57 Å². The molecule has 0 fully saturated rings. The summed E-state index contributed by atoms with van der Waals surface area (Å²) in [5.41, 5.74) is 5.59. The SMILES string of the molecule is CC[P@@](N)(=O)c1ccccc1. The molecule has 11 heavy (non-hydrogen) atoms. The van der Waals surface area contributed by atoms with Crippen LogP contribution in [0.3, 0.4) is 0 Å². The van der Waals surface area contributed by atoms with E-state index in [0.717, 1.165) is 5.30 Å². The second-order valence-electron chi connectivity index (χ2n) is 2.45. The molecule has 0 heterocycles. The molecular weight excluding hydrogens is 157 g/mol. The lowest BCUT2D eigenvalue weighted by Gasteiger charge is -2.08. The summed E-state index contributed by atoms with van der Waals surface area (Å²) >= 11 is 0. The molecule has 3 heteroatoms. The van der Waals surface area contributed by atoms with Crippen LogP contribution in [0.1, 0.15) is 6.92 Å². The summed E-state index contributed by atoms with van der Waals surface area (Å²) in [7, 11) is -2.53. The maximum absolute atomic E-state index is 11.6. The minimum absolute atomic E-state index is 0.525. The van der Waals surface area contributed by atoms with Crippen LogP contribution in [-0.2, 0) is 4.57 Å². The first-order valence-electron chi connectivity index (χ1n) is 3.60. The van der Waals surface area contributed by atoms with Gasteiger partial charge in [0.15, 0.2) is 7.29 Å². The zero-order chi connectivity index (χ0) is 8.32. The van der Waals surface area contributed by atoms with Crippen LogP contribution in [0.5, 0.6) is 0 Å². The van der Waals surface area contributed by atoms with Gasteiger partial charge in [-0.15, -0.1) is 0 Å². The van der Waals surface area contributed by atoms with Gasteiger partial charge in [0.05, 0.1) is 0 Å². The third-order valence-electron chi connectivity index (χ3n) is 1.66. The fourth-order valence-electron chi connectivity index (χ4n) is 0.863. The average molecular weight is 169 g/mol. The quantitative estimate of drug-likeness (QED) is 0.683. The lowest BCUT2D eigenvalue weighted by Crippen LogP contribution is -2.12. The molecule has 2 N–H and O–H groups in total. The number of benzene rings is 1. The number of nitrogens with two attached hydrogens (primary N) is 1. The Bertz CT molecular complexity index is 271. The number of rotatable bonds is 2. The van der Waals surface area contributed by atoms with Crippen molar-refractivity contribution in [1.29, 1.82) is 0 Å². The van der Waals surface area contributed by atoms with Crippen molar-refractivity contribution in [2.24, 2.45) is 5.50 Å². The van der Waals surface area contributed by atoms with E-state index < -0.39 is 7.29 Å². The standard InChI is InChI=1S/C8H12NOP/c1-2-11(9,10)8-6-4-3-5-7-8/h3-7H,2H2,1H3,(H2,9,10)/t11-/m1/s1. The molecule has 0 radical (unpaired) electrons. The van der Waals surface area contributed by atoms with Gasteiger partial charge in [-0.05, 0) is 0 Å². The third kappa shape index (κ3) is 1.92. The Morgan fingerprint density at radius 1 is 1.36 bits per heavy atom. The van der Waals surface area contributed by atoms with Crippen LogP contribution in [0.4, 0.5) is 0 Å². The van der Waals surface area contributed by atoms with Gasteiger partial charge in [-0.3, -0.25) is 5.50 Å². The van der Waals surface area contributed by atoms with Gasteiger partial charge in [0, 0.05) is 11.5 Å². The highest BCUT2D eigenvalue weighted by atomic mass is 31.2. The second kappa shape index (κ2) is 3.21. The van der Waals surface area contributed by atoms with Crippen molar-refractivity contribution in [2.45, 2.75) is 6.92 Å². The summed E-state index contributed by atoms with van der Waals surface area (Å²) < 4.78 is 11.6. The summed E-state index contributed by atoms with van der Waals surface area (Å²) in [6.45, 7) is 1.84. The molecule has 0 saturated heterocycles. The van der Waals surface area contributed by atoms with Crippen LogP contribution in [0.25, 0.3) is 0 Å². The summed E-state index contributed by atoms with van der Waals surface area (Å²) in [6.07, 6.45) is 0.525. The zero-order valence-electron chi connectivity index (χ0n) is 6.53. The van der Waals surface area contributed by atoms with Crippen molar-refractivity contribution in [3.63, 3.8) is 0 Å². The number of hydrogen-bond acceptors (Lipinski definition) is 1. The molecule has 0 bridgehead atoms. The molecular formula is C8H12NOP. The van der Waals surface area contributed by atoms with Crippen molar-refractivity contribution in [1.82, 2.24) is 0 Å². The van der Waals surface area contributed by atoms with Gasteiger partial charge in [0.2, 0.25) is 0 Å². The molecule has 1 aromatic rings. The summed E-state index contributed by atoms with van der Waals surface area (Å²) in [4.78, 5) is 0. The van der Waals surface area contributed by atoms with E-state index in [-0.39, 0.29) is 0 Å². The van der Waals surface area contributed by atoms with Crippen LogP contribution >= 0.6 is 7.29 Å². The van der Waals surface area contributed by atoms with E-state index in [1.54, 1.807) is 0 Å². The lowest BCUT2D eigenvalue weighted by atomic mass is 10.4. The Labute approximate surface area is 66.8 Å². The molecule has 0 aliphatic carbocycles. The van der Waals surface area contributed by atoms with Gasteiger partial charge >= 0.3 is 0 Å². The first-order chi connectivity index (χ1) is 5.17. The van der Waals surface area contributed by atoms with Crippen LogP contribution in [-0.4, -0.2) is 6.16 Å². The normalized spacial score (nSPS) is 15.8. The first-order valence-corrected chi connectivity index (χ1v) is 5.56. The molecule has 60 valence electrons. The van der Waals surface area contributed by atoms with Crippen LogP contribution in [0.2, 0.25) is 0 Å². The summed E-state index contributed by atoms with van der Waals surface area (Å²) in [5, 5.41) is 0.766. The molecule has 0 spiro atoms. The van der Waals surface area contributed by atoms with E-state index in [1.165, 1.54) is 0 Å². The van der Waals surface area contributed by atoms with E-state index in [0.29, 0.717) is 6.16 Å². The van der Waals surface area contributed by atoms with Crippen molar-refractivity contribution in [3.05, 3.63) is 30.3 Å². The Kier molecular flexibility index (Phi) is 2.48. The molecule has 0 aliphatic rings. The Balaban J connectivity index is 3.03. The van der Waals surface area contributed by atoms with Gasteiger partial charge in [-0.2, -0.15) is 0 Å². The van der Waals surface area contributed by atoms with E-state index in [1.807, 2.05) is 37.3 Å². The monoisotopic (exact) mass is 169 g/mol. The van der Waals surface area contributed by atoms with Crippen molar-refractivity contribution in [3.8, 4) is 0 Å². The minimum atomic E-state index is -2.53. The second-order valence-corrected chi connectivity index (χ2v) is 5.19. The molecule has 1 rings (SSSR count). The predicted octanol–water partition coefficient (Wildman–Crippen LogP) is 1.57. The van der Waals surface area contributed by atoms with E-state index >= 15 is 0 Å². The highest BCUT2D eigenvalue weighted by molar-refractivity contribution is 7.69. The topological polar surface area (TPSA) is 43.1 Å². The third-order valence-corrected chi connectivity index (χ3v) is 3.77. The highest BCUT2D eigenvalue weighted by Crippen LogP contribution is 2.33. The molecule has 1 atom stereocenters. The molecule has 2 nitrogen and oxygen atoms in total.